The third-order valence-corrected chi connectivity index (χ3v) is 4.12. The number of nitrogens with one attached hydrogen (secondary N) is 2. The number of hydrogen-bond acceptors (Lipinski definition) is 6. The minimum Gasteiger partial charge on any atom is -0.462 e. The van der Waals surface area contributed by atoms with E-state index in [1.54, 1.807) is 38.1 Å². The van der Waals surface area contributed by atoms with Crippen LogP contribution in [-0.4, -0.2) is 34.2 Å². The average Bonchev–Trinajstić information content (AvgIpc) is 2.56. The van der Waals surface area contributed by atoms with E-state index in [4.69, 9.17) is 4.74 Å². The van der Waals surface area contributed by atoms with E-state index in [1.165, 1.54) is 18.0 Å². The molecule has 1 aromatic heterocycles. The zero-order chi connectivity index (χ0) is 17.5. The van der Waals surface area contributed by atoms with Gasteiger partial charge in [0, 0.05) is 6.20 Å². The van der Waals surface area contributed by atoms with Gasteiger partial charge in [-0.05, 0) is 31.5 Å². The predicted molar refractivity (Wildman–Crippen MR) is 91.3 cm³/mol. The molecule has 1 aromatic carbocycles. The number of aryl methyl sites for hydroxylation is 1. The average molecular weight is 347 g/mol. The van der Waals surface area contributed by atoms with Crippen molar-refractivity contribution < 1.29 is 14.3 Å². The van der Waals surface area contributed by atoms with Gasteiger partial charge in [-0.2, -0.15) is 0 Å². The summed E-state index contributed by atoms with van der Waals surface area (Å²) in [6.45, 7) is 3.76. The van der Waals surface area contributed by atoms with Crippen molar-refractivity contribution in [3.8, 4) is 0 Å². The Balaban J connectivity index is 2.04. The van der Waals surface area contributed by atoms with Crippen LogP contribution in [0.5, 0.6) is 0 Å². The highest BCUT2D eigenvalue weighted by Crippen LogP contribution is 2.20. The lowest BCUT2D eigenvalue weighted by atomic mass is 10.2. The number of aromatic amines is 1. The normalized spacial score (nSPS) is 10.2. The summed E-state index contributed by atoms with van der Waals surface area (Å²) in [5.41, 5.74) is 1.00. The van der Waals surface area contributed by atoms with Crippen LogP contribution in [0.25, 0.3) is 0 Å². The summed E-state index contributed by atoms with van der Waals surface area (Å²) in [6.07, 6.45) is 1.45. The Morgan fingerprint density at radius 1 is 1.33 bits per heavy atom. The largest absolute Gasteiger partial charge is 0.462 e. The predicted octanol–water partition coefficient (Wildman–Crippen LogP) is 1.99. The fraction of sp³-hybridized carbons (Fsp3) is 0.250. The number of carbonyl (C=O) groups is 2. The second-order valence-electron chi connectivity index (χ2n) is 4.80. The third kappa shape index (κ3) is 4.69. The van der Waals surface area contributed by atoms with Gasteiger partial charge in [0.15, 0.2) is 0 Å². The summed E-state index contributed by atoms with van der Waals surface area (Å²) < 4.78 is 4.97. The van der Waals surface area contributed by atoms with Crippen molar-refractivity contribution in [3.05, 3.63) is 52.1 Å². The first kappa shape index (κ1) is 17.7. The van der Waals surface area contributed by atoms with Crippen LogP contribution in [0.1, 0.15) is 22.8 Å². The van der Waals surface area contributed by atoms with E-state index in [2.05, 4.69) is 15.3 Å². The van der Waals surface area contributed by atoms with Gasteiger partial charge in [-0.1, -0.05) is 23.9 Å². The fourth-order valence-electron chi connectivity index (χ4n) is 1.89. The molecule has 1 amide bonds. The number of carbonyl (C=O) groups excluding carboxylic acids is 2. The summed E-state index contributed by atoms with van der Waals surface area (Å²) >= 11 is 1.19. The molecule has 0 saturated carbocycles. The molecule has 2 aromatic rings. The Morgan fingerprint density at radius 3 is 2.83 bits per heavy atom. The van der Waals surface area contributed by atoms with Gasteiger partial charge in [0.05, 0.1) is 28.6 Å². The summed E-state index contributed by atoms with van der Waals surface area (Å²) in [6, 6.07) is 6.64. The Kier molecular flexibility index (Phi) is 6.14. The number of anilines is 1. The zero-order valence-corrected chi connectivity index (χ0v) is 14.1. The molecule has 8 heteroatoms. The molecule has 0 fully saturated rings. The molecule has 0 unspecified atom stereocenters. The maximum atomic E-state index is 12.1. The molecular weight excluding hydrogens is 330 g/mol. The maximum absolute atomic E-state index is 12.1. The number of amides is 1. The molecule has 0 aliphatic heterocycles. The summed E-state index contributed by atoms with van der Waals surface area (Å²) in [7, 11) is 0. The van der Waals surface area contributed by atoms with E-state index in [0.717, 1.165) is 5.56 Å². The smallest absolute Gasteiger partial charge is 0.345 e. The minimum absolute atomic E-state index is 0.0813. The second kappa shape index (κ2) is 8.30. The van der Waals surface area contributed by atoms with Crippen molar-refractivity contribution in [1.82, 2.24) is 9.97 Å². The molecule has 2 N–H and O–H groups in total. The van der Waals surface area contributed by atoms with E-state index >= 15 is 0 Å². The van der Waals surface area contributed by atoms with Crippen LogP contribution in [0.4, 0.5) is 5.69 Å². The molecule has 0 atom stereocenters. The van der Waals surface area contributed by atoms with Gasteiger partial charge in [0.1, 0.15) is 0 Å². The molecule has 0 aliphatic carbocycles. The van der Waals surface area contributed by atoms with Gasteiger partial charge < -0.3 is 15.0 Å². The second-order valence-corrected chi connectivity index (χ2v) is 5.79. The van der Waals surface area contributed by atoms with Crippen molar-refractivity contribution in [2.75, 3.05) is 17.7 Å². The lowest BCUT2D eigenvalue weighted by molar-refractivity contribution is -0.113. The Hall–Kier alpha value is -2.61. The zero-order valence-electron chi connectivity index (χ0n) is 13.3. The highest BCUT2D eigenvalue weighted by molar-refractivity contribution is 8.00. The number of thioether (sulfide) groups is 1. The number of rotatable bonds is 6. The summed E-state index contributed by atoms with van der Waals surface area (Å²) in [5.74, 6) is -0.707. The molecule has 7 nitrogen and oxygen atoms in total. The molecule has 0 spiro atoms. The van der Waals surface area contributed by atoms with Crippen molar-refractivity contribution in [1.29, 1.82) is 0 Å². The Morgan fingerprint density at radius 2 is 2.08 bits per heavy atom. The molecule has 1 heterocycles. The van der Waals surface area contributed by atoms with E-state index in [9.17, 15) is 14.4 Å². The van der Waals surface area contributed by atoms with Gasteiger partial charge in [-0.25, -0.2) is 14.6 Å². The van der Waals surface area contributed by atoms with Gasteiger partial charge in [0.25, 0.3) is 0 Å². The summed E-state index contributed by atoms with van der Waals surface area (Å²) in [5, 5.41) is 3.27. The van der Waals surface area contributed by atoms with Crippen LogP contribution in [0.15, 0.2) is 40.3 Å². The van der Waals surface area contributed by atoms with E-state index in [-0.39, 0.29) is 18.3 Å². The maximum Gasteiger partial charge on any atom is 0.345 e. The van der Waals surface area contributed by atoms with Gasteiger partial charge in [-0.3, -0.25) is 4.79 Å². The van der Waals surface area contributed by atoms with E-state index < -0.39 is 11.7 Å². The van der Waals surface area contributed by atoms with Crippen LogP contribution in [-0.2, 0) is 9.53 Å². The van der Waals surface area contributed by atoms with Crippen LogP contribution in [0.2, 0.25) is 0 Å². The number of ether oxygens (including phenoxy) is 1. The highest BCUT2D eigenvalue weighted by Gasteiger charge is 2.14. The number of benzene rings is 1. The van der Waals surface area contributed by atoms with Gasteiger partial charge in [-0.15, -0.1) is 0 Å². The minimum atomic E-state index is -0.490. The van der Waals surface area contributed by atoms with Crippen molar-refractivity contribution in [2.45, 2.75) is 18.9 Å². The molecule has 0 aliphatic rings. The number of aromatic nitrogens is 2. The molecule has 2 rings (SSSR count). The van der Waals surface area contributed by atoms with Crippen LogP contribution in [0, 0.1) is 6.92 Å². The monoisotopic (exact) mass is 347 g/mol. The summed E-state index contributed by atoms with van der Waals surface area (Å²) in [4.78, 5) is 41.4. The van der Waals surface area contributed by atoms with Crippen molar-refractivity contribution in [2.24, 2.45) is 0 Å². The number of nitrogens with zero attached hydrogens (tertiary/aromatic N) is 1. The number of H-pyrrole nitrogens is 1. The Labute approximate surface area is 142 Å². The fourth-order valence-corrected chi connectivity index (χ4v) is 2.68. The molecule has 24 heavy (non-hydrogen) atoms. The van der Waals surface area contributed by atoms with Crippen molar-refractivity contribution in [3.63, 3.8) is 0 Å². The molecule has 0 saturated heterocycles. The first-order valence-electron chi connectivity index (χ1n) is 7.26. The van der Waals surface area contributed by atoms with Crippen LogP contribution < -0.4 is 11.0 Å². The van der Waals surface area contributed by atoms with E-state index in [1.807, 2.05) is 0 Å². The molecule has 126 valence electrons. The van der Waals surface area contributed by atoms with Crippen LogP contribution in [0.3, 0.4) is 0 Å². The standard InChI is InChI=1S/C16H17N3O4S/c1-3-23-15(21)11-6-4-5-7-12(11)18-13(20)9-24-14-10(2)8-17-16(22)19-14/h4-8H,3,9H2,1-2H3,(H,18,20)(H,17,19,22). The topological polar surface area (TPSA) is 101 Å². The number of hydrogen-bond donors (Lipinski definition) is 2. The molecule has 0 bridgehead atoms. The lowest BCUT2D eigenvalue weighted by Gasteiger charge is -2.10. The number of para-hydroxylation sites is 1. The van der Waals surface area contributed by atoms with Gasteiger partial charge in [0.2, 0.25) is 5.91 Å². The first-order valence-corrected chi connectivity index (χ1v) is 8.24. The van der Waals surface area contributed by atoms with Crippen molar-refractivity contribution >= 4 is 29.3 Å². The number of esters is 1. The highest BCUT2D eigenvalue weighted by atomic mass is 32.2. The quantitative estimate of drug-likeness (QED) is 0.471. The van der Waals surface area contributed by atoms with E-state index in [0.29, 0.717) is 16.3 Å². The SMILES string of the molecule is CCOC(=O)c1ccccc1NC(=O)CSc1[nH]c(=O)ncc1C. The molecule has 0 radical (unpaired) electrons. The lowest BCUT2D eigenvalue weighted by Crippen LogP contribution is -2.18. The van der Waals surface area contributed by atoms with Gasteiger partial charge >= 0.3 is 11.7 Å². The molecular formula is C16H17N3O4S. The Bertz CT molecular complexity index is 804. The first-order chi connectivity index (χ1) is 11.5. The third-order valence-electron chi connectivity index (χ3n) is 3.00. The van der Waals surface area contributed by atoms with Crippen LogP contribution >= 0.6 is 11.8 Å².